The molecule has 1 aliphatic heterocycles. The summed E-state index contributed by atoms with van der Waals surface area (Å²) in [6.07, 6.45) is 3.48. The first kappa shape index (κ1) is 10.9. The van der Waals surface area contributed by atoms with Crippen molar-refractivity contribution in [3.63, 3.8) is 0 Å². The Bertz CT molecular complexity index is 253. The molecule has 1 unspecified atom stereocenters. The standard InChI is InChI=1S/C11H20N2O2/c1-11(8-13(2)6-7-15-11)10(14)12-9-4-3-5-9/h9H,3-8H2,1-2H3,(H,12,14). The van der Waals surface area contributed by atoms with Gasteiger partial charge in [-0.2, -0.15) is 0 Å². The Morgan fingerprint density at radius 2 is 2.27 bits per heavy atom. The zero-order valence-corrected chi connectivity index (χ0v) is 9.58. The highest BCUT2D eigenvalue weighted by molar-refractivity contribution is 5.85. The first-order valence-corrected chi connectivity index (χ1v) is 5.74. The number of nitrogens with one attached hydrogen (secondary N) is 1. The van der Waals surface area contributed by atoms with E-state index in [1.165, 1.54) is 6.42 Å². The van der Waals surface area contributed by atoms with E-state index in [1.54, 1.807) is 0 Å². The highest BCUT2D eigenvalue weighted by Gasteiger charge is 2.39. The van der Waals surface area contributed by atoms with Crippen LogP contribution in [0.3, 0.4) is 0 Å². The van der Waals surface area contributed by atoms with Crippen molar-refractivity contribution in [1.29, 1.82) is 0 Å². The number of amides is 1. The summed E-state index contributed by atoms with van der Waals surface area (Å²) in [5.74, 6) is 0.0544. The van der Waals surface area contributed by atoms with E-state index in [-0.39, 0.29) is 5.91 Å². The Hall–Kier alpha value is -0.610. The van der Waals surface area contributed by atoms with Gasteiger partial charge >= 0.3 is 0 Å². The van der Waals surface area contributed by atoms with Crippen LogP contribution < -0.4 is 5.32 Å². The minimum absolute atomic E-state index is 0.0544. The lowest BCUT2D eigenvalue weighted by Crippen LogP contribution is -2.59. The van der Waals surface area contributed by atoms with Crippen LogP contribution in [0.2, 0.25) is 0 Å². The summed E-state index contributed by atoms with van der Waals surface area (Å²) < 4.78 is 5.61. The van der Waals surface area contributed by atoms with Crippen LogP contribution in [0.15, 0.2) is 0 Å². The van der Waals surface area contributed by atoms with Crippen LogP contribution in [0.1, 0.15) is 26.2 Å². The smallest absolute Gasteiger partial charge is 0.253 e. The first-order valence-electron chi connectivity index (χ1n) is 5.74. The van der Waals surface area contributed by atoms with Gasteiger partial charge in [0, 0.05) is 19.1 Å². The minimum Gasteiger partial charge on any atom is -0.363 e. The maximum atomic E-state index is 12.0. The number of hydrogen-bond donors (Lipinski definition) is 1. The Balaban J connectivity index is 1.91. The fourth-order valence-corrected chi connectivity index (χ4v) is 2.09. The largest absolute Gasteiger partial charge is 0.363 e. The number of nitrogens with zero attached hydrogens (tertiary/aromatic N) is 1. The Labute approximate surface area is 91.0 Å². The predicted molar refractivity (Wildman–Crippen MR) is 57.6 cm³/mol. The molecule has 1 atom stereocenters. The van der Waals surface area contributed by atoms with Gasteiger partial charge in [-0.25, -0.2) is 0 Å². The quantitative estimate of drug-likeness (QED) is 0.719. The molecule has 2 fully saturated rings. The lowest BCUT2D eigenvalue weighted by molar-refractivity contribution is -0.156. The average Bonchev–Trinajstić information content (AvgIpc) is 2.10. The second-order valence-corrected chi connectivity index (χ2v) is 4.92. The molecule has 0 radical (unpaired) electrons. The van der Waals surface area contributed by atoms with E-state index >= 15 is 0 Å². The Kier molecular flexibility index (Phi) is 2.98. The SMILES string of the molecule is CN1CCOC(C)(C(=O)NC2CCC2)C1. The summed E-state index contributed by atoms with van der Waals surface area (Å²) in [5, 5.41) is 3.06. The van der Waals surface area contributed by atoms with E-state index in [0.29, 0.717) is 19.2 Å². The molecule has 1 N–H and O–H groups in total. The summed E-state index contributed by atoms with van der Waals surface area (Å²) >= 11 is 0. The third-order valence-electron chi connectivity index (χ3n) is 3.39. The van der Waals surface area contributed by atoms with Gasteiger partial charge in [0.1, 0.15) is 0 Å². The first-order chi connectivity index (χ1) is 7.10. The maximum absolute atomic E-state index is 12.0. The molecule has 1 amide bonds. The van der Waals surface area contributed by atoms with Crippen molar-refractivity contribution in [3.8, 4) is 0 Å². The van der Waals surface area contributed by atoms with Crippen molar-refractivity contribution in [2.45, 2.75) is 37.8 Å². The normalized spacial score (nSPS) is 33.5. The molecule has 0 aromatic rings. The molecule has 1 saturated heterocycles. The number of likely N-dealkylation sites (N-methyl/N-ethyl adjacent to an activating group) is 1. The van der Waals surface area contributed by atoms with E-state index in [4.69, 9.17) is 4.74 Å². The molecule has 0 aromatic carbocycles. The van der Waals surface area contributed by atoms with Crippen LogP contribution in [0.5, 0.6) is 0 Å². The molecule has 86 valence electrons. The number of carbonyl (C=O) groups is 1. The molecule has 15 heavy (non-hydrogen) atoms. The van der Waals surface area contributed by atoms with E-state index in [9.17, 15) is 4.79 Å². The second kappa shape index (κ2) is 4.10. The molecule has 4 heteroatoms. The highest BCUT2D eigenvalue weighted by atomic mass is 16.5. The van der Waals surface area contributed by atoms with E-state index < -0.39 is 5.60 Å². The van der Waals surface area contributed by atoms with Crippen LogP contribution in [0.25, 0.3) is 0 Å². The summed E-state index contributed by atoms with van der Waals surface area (Å²) in [5.41, 5.74) is -0.650. The van der Waals surface area contributed by atoms with Gasteiger partial charge in [-0.1, -0.05) is 0 Å². The molecule has 0 bridgehead atoms. The molecule has 0 aromatic heterocycles. The third kappa shape index (κ3) is 2.32. The second-order valence-electron chi connectivity index (χ2n) is 4.92. The zero-order chi connectivity index (χ0) is 10.9. The van der Waals surface area contributed by atoms with Gasteiger partial charge in [0.2, 0.25) is 0 Å². The van der Waals surface area contributed by atoms with Crippen molar-refractivity contribution in [2.75, 3.05) is 26.7 Å². The number of rotatable bonds is 2. The highest BCUT2D eigenvalue weighted by Crippen LogP contribution is 2.21. The van der Waals surface area contributed by atoms with Gasteiger partial charge in [-0.05, 0) is 33.2 Å². The van der Waals surface area contributed by atoms with Gasteiger partial charge in [-0.15, -0.1) is 0 Å². The van der Waals surface area contributed by atoms with Gasteiger partial charge in [-0.3, -0.25) is 4.79 Å². The molecular weight excluding hydrogens is 192 g/mol. The fourth-order valence-electron chi connectivity index (χ4n) is 2.09. The third-order valence-corrected chi connectivity index (χ3v) is 3.39. The van der Waals surface area contributed by atoms with Crippen molar-refractivity contribution in [3.05, 3.63) is 0 Å². The average molecular weight is 212 g/mol. The van der Waals surface area contributed by atoms with Crippen LogP contribution in [-0.4, -0.2) is 49.2 Å². The number of hydrogen-bond acceptors (Lipinski definition) is 3. The number of ether oxygens (including phenoxy) is 1. The lowest BCUT2D eigenvalue weighted by atomic mass is 9.92. The summed E-state index contributed by atoms with van der Waals surface area (Å²) in [7, 11) is 2.03. The number of morpholine rings is 1. The molecule has 1 heterocycles. The van der Waals surface area contributed by atoms with Crippen molar-refractivity contribution < 1.29 is 9.53 Å². The predicted octanol–water partition coefficient (Wildman–Crippen LogP) is 0.376. The van der Waals surface area contributed by atoms with E-state index in [0.717, 1.165) is 19.4 Å². The van der Waals surface area contributed by atoms with E-state index in [1.807, 2.05) is 14.0 Å². The van der Waals surface area contributed by atoms with Gasteiger partial charge in [0.15, 0.2) is 5.60 Å². The monoisotopic (exact) mass is 212 g/mol. The fraction of sp³-hybridized carbons (Fsp3) is 0.909. The molecule has 1 aliphatic carbocycles. The topological polar surface area (TPSA) is 41.6 Å². The summed E-state index contributed by atoms with van der Waals surface area (Å²) in [6, 6.07) is 0.394. The van der Waals surface area contributed by atoms with Crippen molar-refractivity contribution in [1.82, 2.24) is 10.2 Å². The molecule has 2 aliphatic rings. The Morgan fingerprint density at radius 1 is 1.53 bits per heavy atom. The van der Waals surface area contributed by atoms with Gasteiger partial charge in [0.05, 0.1) is 6.61 Å². The Morgan fingerprint density at radius 3 is 2.80 bits per heavy atom. The molecule has 2 rings (SSSR count). The molecular formula is C11H20N2O2. The molecule has 0 spiro atoms. The van der Waals surface area contributed by atoms with Crippen LogP contribution >= 0.6 is 0 Å². The van der Waals surface area contributed by atoms with Crippen molar-refractivity contribution in [2.24, 2.45) is 0 Å². The molecule has 1 saturated carbocycles. The van der Waals surface area contributed by atoms with Crippen LogP contribution in [-0.2, 0) is 9.53 Å². The zero-order valence-electron chi connectivity index (χ0n) is 9.58. The van der Waals surface area contributed by atoms with Gasteiger partial charge in [0.25, 0.3) is 5.91 Å². The van der Waals surface area contributed by atoms with Crippen molar-refractivity contribution >= 4 is 5.91 Å². The summed E-state index contributed by atoms with van der Waals surface area (Å²) in [6.45, 7) is 4.12. The molecule has 4 nitrogen and oxygen atoms in total. The lowest BCUT2D eigenvalue weighted by Gasteiger charge is -2.39. The van der Waals surface area contributed by atoms with E-state index in [2.05, 4.69) is 10.2 Å². The van der Waals surface area contributed by atoms with Gasteiger partial charge < -0.3 is 15.0 Å². The number of carbonyl (C=O) groups excluding carboxylic acids is 1. The van der Waals surface area contributed by atoms with Crippen LogP contribution in [0.4, 0.5) is 0 Å². The maximum Gasteiger partial charge on any atom is 0.253 e. The summed E-state index contributed by atoms with van der Waals surface area (Å²) in [4.78, 5) is 14.1. The van der Waals surface area contributed by atoms with Crippen LogP contribution in [0, 0.1) is 0 Å². The minimum atomic E-state index is -0.650.